The monoisotopic (exact) mass is 750 g/mol. The molecule has 0 radical (unpaired) electrons. The summed E-state index contributed by atoms with van der Waals surface area (Å²) in [6.07, 6.45) is 1.79. The van der Waals surface area contributed by atoms with Crippen molar-refractivity contribution in [3.05, 3.63) is 42.1 Å². The molecule has 5 fully saturated rings. The Hall–Kier alpha value is -2.38. The molecule has 2 bridgehead atoms. The highest BCUT2D eigenvalue weighted by molar-refractivity contribution is 5.78. The van der Waals surface area contributed by atoms with Gasteiger partial charge in [-0.1, -0.05) is 78.3 Å². The molecule has 0 spiro atoms. The van der Waals surface area contributed by atoms with Gasteiger partial charge in [-0.2, -0.15) is 5.10 Å². The minimum absolute atomic E-state index is 0.146. The Bertz CT molecular complexity index is 1790. The molecule has 3 saturated carbocycles. The number of aliphatic carboxylic acids is 1. The number of rotatable bonds is 7. The molecule has 8 rings (SSSR count). The highest BCUT2D eigenvalue weighted by atomic mass is 16.7. The van der Waals surface area contributed by atoms with E-state index < -0.39 is 66.1 Å². The van der Waals surface area contributed by atoms with Crippen molar-refractivity contribution in [1.29, 1.82) is 0 Å². The third-order valence-electron chi connectivity index (χ3n) is 17.0. The van der Waals surface area contributed by atoms with Gasteiger partial charge < -0.3 is 39.7 Å². The number of ether oxygens (including phenoxy) is 3. The molecular weight excluding hydrogens is 688 g/mol. The van der Waals surface area contributed by atoms with E-state index in [0.717, 1.165) is 36.6 Å². The second-order valence-electron chi connectivity index (χ2n) is 19.5. The summed E-state index contributed by atoms with van der Waals surface area (Å²) in [5.74, 6) is -0.179. The van der Waals surface area contributed by atoms with Crippen LogP contribution < -0.4 is 0 Å². The van der Waals surface area contributed by atoms with Crippen LogP contribution in [0.4, 0.5) is 0 Å². The van der Waals surface area contributed by atoms with E-state index in [1.807, 2.05) is 24.4 Å². The van der Waals surface area contributed by atoms with Gasteiger partial charge >= 0.3 is 5.97 Å². The van der Waals surface area contributed by atoms with Gasteiger partial charge in [-0.25, -0.2) is 0 Å². The number of nitrogens with zero attached hydrogens (tertiary/aromatic N) is 2. The average molecular weight is 751 g/mol. The summed E-state index contributed by atoms with van der Waals surface area (Å²) in [7, 11) is 0. The van der Waals surface area contributed by atoms with Crippen molar-refractivity contribution in [2.45, 2.75) is 130 Å². The molecular formula is C43H62N2O9. The quantitative estimate of drug-likeness (QED) is 0.184. The SMILES string of the molecule is CC(C)[C@@H](C)[C@@]1(C)CC[C@]2(C)[C@H]3CC[C@@H]4[C@@]5(COC[C@]4(C)[C@@H](O[C@@H]4O[C@H](CO)[C@@H](O)[C@H](O)[C@H]4O)[C@H](n4ncc6ccccc64)C5)C3=CC[C@@]2(C)[C@@H]1C(=O)O. The van der Waals surface area contributed by atoms with Crippen molar-refractivity contribution in [1.82, 2.24) is 9.78 Å². The van der Waals surface area contributed by atoms with Crippen LogP contribution in [0.3, 0.4) is 0 Å². The van der Waals surface area contributed by atoms with Gasteiger partial charge in [0, 0.05) is 16.2 Å². The molecule has 5 N–H and O–H groups in total. The normalized spacial score (nSPS) is 48.0. The van der Waals surface area contributed by atoms with Crippen molar-refractivity contribution in [3.8, 4) is 0 Å². The van der Waals surface area contributed by atoms with Crippen LogP contribution in [0.5, 0.6) is 0 Å². The number of hydrogen-bond acceptors (Lipinski definition) is 9. The van der Waals surface area contributed by atoms with Gasteiger partial charge in [-0.05, 0) is 84.5 Å². The summed E-state index contributed by atoms with van der Waals surface area (Å²) >= 11 is 0. The van der Waals surface area contributed by atoms with E-state index in [2.05, 4.69) is 65.3 Å². The maximum Gasteiger partial charge on any atom is 0.307 e. The van der Waals surface area contributed by atoms with E-state index in [-0.39, 0.29) is 40.0 Å². The predicted octanol–water partition coefficient (Wildman–Crippen LogP) is 5.35. The molecule has 0 unspecified atom stereocenters. The van der Waals surface area contributed by atoms with Crippen molar-refractivity contribution in [2.75, 3.05) is 19.8 Å². The first-order chi connectivity index (χ1) is 25.5. The average Bonchev–Trinajstić information content (AvgIpc) is 3.56. The van der Waals surface area contributed by atoms with E-state index in [9.17, 15) is 30.3 Å². The summed E-state index contributed by atoms with van der Waals surface area (Å²) in [6, 6.07) is 7.77. The van der Waals surface area contributed by atoms with Gasteiger partial charge in [0.15, 0.2) is 6.29 Å². The lowest BCUT2D eigenvalue weighted by atomic mass is 9.34. The van der Waals surface area contributed by atoms with Crippen molar-refractivity contribution >= 4 is 16.9 Å². The molecule has 4 aliphatic carbocycles. The van der Waals surface area contributed by atoms with E-state index in [1.54, 1.807) is 0 Å². The van der Waals surface area contributed by atoms with Crippen molar-refractivity contribution in [3.63, 3.8) is 0 Å². The zero-order valence-corrected chi connectivity index (χ0v) is 33.0. The summed E-state index contributed by atoms with van der Waals surface area (Å²) in [5, 5.41) is 59.7. The third kappa shape index (κ3) is 5.10. The number of carboxylic acids is 1. The fourth-order valence-corrected chi connectivity index (χ4v) is 13.6. The Balaban J connectivity index is 1.24. The molecule has 6 aliphatic rings. The molecule has 0 amide bonds. The predicted molar refractivity (Wildman–Crippen MR) is 201 cm³/mol. The molecule has 2 aliphatic heterocycles. The first-order valence-electron chi connectivity index (χ1n) is 20.4. The van der Waals surface area contributed by atoms with Crippen LogP contribution in [0.2, 0.25) is 0 Å². The Morgan fingerprint density at radius 3 is 2.44 bits per heavy atom. The van der Waals surface area contributed by atoms with E-state index in [0.29, 0.717) is 32.0 Å². The topological polar surface area (TPSA) is 164 Å². The van der Waals surface area contributed by atoms with E-state index in [1.165, 1.54) is 5.57 Å². The van der Waals surface area contributed by atoms with E-state index >= 15 is 0 Å². The number of aliphatic hydroxyl groups is 4. The smallest absolute Gasteiger partial charge is 0.307 e. The number of hydrogen-bond donors (Lipinski definition) is 5. The van der Waals surface area contributed by atoms with Gasteiger partial charge in [0.25, 0.3) is 0 Å². The number of carboxylic acid groups (broad SMARTS) is 1. The second kappa shape index (κ2) is 13.1. The highest BCUT2D eigenvalue weighted by Crippen LogP contribution is 2.75. The van der Waals surface area contributed by atoms with Crippen molar-refractivity contribution < 1.29 is 44.5 Å². The summed E-state index contributed by atoms with van der Waals surface area (Å²) in [5.41, 5.74) is 0.422. The maximum absolute atomic E-state index is 13.5. The lowest BCUT2D eigenvalue weighted by molar-refractivity contribution is -0.343. The zero-order valence-electron chi connectivity index (χ0n) is 33.0. The van der Waals surface area contributed by atoms with Crippen molar-refractivity contribution in [2.24, 2.45) is 56.7 Å². The number of para-hydroxylation sites is 1. The van der Waals surface area contributed by atoms with Crippen LogP contribution in [0.15, 0.2) is 42.1 Å². The highest BCUT2D eigenvalue weighted by Gasteiger charge is 2.72. The molecule has 16 atom stereocenters. The number of aliphatic hydroxyl groups excluding tert-OH is 4. The fourth-order valence-electron chi connectivity index (χ4n) is 13.6. The zero-order chi connectivity index (χ0) is 38.7. The van der Waals surface area contributed by atoms with Crippen LogP contribution in [0.25, 0.3) is 10.9 Å². The molecule has 298 valence electrons. The van der Waals surface area contributed by atoms with Gasteiger partial charge in [0.05, 0.1) is 49.6 Å². The molecule has 1 aromatic heterocycles. The number of aromatic nitrogens is 2. The van der Waals surface area contributed by atoms with Gasteiger partial charge in [-0.3, -0.25) is 9.48 Å². The second-order valence-corrected chi connectivity index (χ2v) is 19.5. The Morgan fingerprint density at radius 1 is 1.00 bits per heavy atom. The van der Waals surface area contributed by atoms with Crippen LogP contribution >= 0.6 is 0 Å². The molecule has 3 heterocycles. The van der Waals surface area contributed by atoms with Crippen LogP contribution in [-0.2, 0) is 19.0 Å². The summed E-state index contributed by atoms with van der Waals surface area (Å²) in [4.78, 5) is 13.5. The lowest BCUT2D eigenvalue weighted by Crippen LogP contribution is -2.70. The third-order valence-corrected chi connectivity index (χ3v) is 17.0. The molecule has 11 nitrogen and oxygen atoms in total. The molecule has 11 heteroatoms. The maximum atomic E-state index is 13.5. The van der Waals surface area contributed by atoms with Gasteiger partial charge in [0.2, 0.25) is 0 Å². The Morgan fingerprint density at radius 2 is 1.74 bits per heavy atom. The van der Waals surface area contributed by atoms with Gasteiger partial charge in [0.1, 0.15) is 24.4 Å². The summed E-state index contributed by atoms with van der Waals surface area (Å²) in [6.45, 7) is 16.3. The molecule has 2 saturated heterocycles. The first kappa shape index (κ1) is 38.5. The largest absolute Gasteiger partial charge is 0.481 e. The van der Waals surface area contributed by atoms with Crippen LogP contribution in [-0.4, -0.2) is 97.9 Å². The molecule has 1 aromatic carbocycles. The standard InChI is InChI=1S/C43H62N2O9/c1-23(2)24(3)39(4)16-17-41(6)26-12-13-31-40(5)21-52-22-43(31,27(26)14-15-42(41,7)35(39)37(50)51)18-29(45-28-11-9-8-10-25(28)19-44-45)36(40)54-38-34(49)33(48)32(47)30(20-46)53-38/h8-11,14,19,23-24,26,29-36,38,46-49H,12-13,15-18,20-22H2,1-7H3,(H,50,51)/t24-,26+,29-,30-,31+,32-,33+,34-,35-,36+,38+,39-,40+,41-,42+,43+/m1/s1. The minimum atomic E-state index is -1.56. The lowest BCUT2D eigenvalue weighted by Gasteiger charge is -2.71. The molecule has 2 aromatic rings. The fraction of sp³-hybridized carbons (Fsp3) is 0.767. The number of benzene rings is 1. The molecule has 54 heavy (non-hydrogen) atoms. The van der Waals surface area contributed by atoms with Gasteiger partial charge in [-0.15, -0.1) is 0 Å². The minimum Gasteiger partial charge on any atom is -0.481 e. The van der Waals surface area contributed by atoms with E-state index in [4.69, 9.17) is 19.3 Å². The first-order valence-corrected chi connectivity index (χ1v) is 20.4. The van der Waals surface area contributed by atoms with Crippen LogP contribution in [0, 0.1) is 56.7 Å². The Labute approximate surface area is 319 Å². The number of fused-ring (bicyclic) bond motifs is 4. The number of carbonyl (C=O) groups is 1. The number of allylic oxidation sites excluding steroid dienone is 1. The summed E-state index contributed by atoms with van der Waals surface area (Å²) < 4.78 is 21.6. The Kier molecular flexibility index (Phi) is 9.32. The van der Waals surface area contributed by atoms with Crippen LogP contribution in [0.1, 0.15) is 93.0 Å².